The van der Waals surface area contributed by atoms with E-state index in [0.717, 1.165) is 42.6 Å². The summed E-state index contributed by atoms with van der Waals surface area (Å²) in [5.74, 6) is 0.669. The summed E-state index contributed by atoms with van der Waals surface area (Å²) in [5.41, 5.74) is 4.21. The Morgan fingerprint density at radius 1 is 1.06 bits per heavy atom. The monoisotopic (exact) mass is 457 g/mol. The third-order valence-electron chi connectivity index (χ3n) is 6.68. The largest absolute Gasteiger partial charge is 0.396 e. The van der Waals surface area contributed by atoms with E-state index in [-0.39, 0.29) is 12.2 Å². The summed E-state index contributed by atoms with van der Waals surface area (Å²) in [6.45, 7) is 1.76. The average Bonchev–Trinajstić information content (AvgIpc) is 2.86. The normalized spacial score (nSPS) is 14.4. The number of nitrogens with zero attached hydrogens (tertiary/aromatic N) is 5. The minimum Gasteiger partial charge on any atom is -0.396 e. The number of benzene rings is 2. The molecule has 1 aliphatic heterocycles. The highest BCUT2D eigenvalue weighted by Crippen LogP contribution is 2.31. The molecule has 1 N–H and O–H groups in total. The number of aromatic nitrogens is 2. The standard InChI is InChI=1S/C27H31N5O2/c1-30(2)23-12-15-32(16-13-23)27-29-25(22-10-6-20(18-28)7-11-22)24(26(34)31(27)3)21-8-4-19(5-9-21)14-17-33/h4-11,23,33H,12-17H2,1-3H3. The molecular formula is C27H31N5O2. The summed E-state index contributed by atoms with van der Waals surface area (Å²) in [4.78, 5) is 23.2. The van der Waals surface area contributed by atoms with Crippen molar-refractivity contribution in [3.8, 4) is 28.5 Å². The third-order valence-corrected chi connectivity index (χ3v) is 6.68. The first-order valence-corrected chi connectivity index (χ1v) is 11.7. The van der Waals surface area contributed by atoms with Crippen LogP contribution in [0.4, 0.5) is 5.95 Å². The van der Waals surface area contributed by atoms with Crippen LogP contribution in [0.3, 0.4) is 0 Å². The zero-order valence-corrected chi connectivity index (χ0v) is 20.0. The zero-order chi connectivity index (χ0) is 24.2. The predicted octanol–water partition coefficient (Wildman–Crippen LogP) is 3.05. The van der Waals surface area contributed by atoms with Gasteiger partial charge in [0.1, 0.15) is 0 Å². The number of hydrogen-bond donors (Lipinski definition) is 1. The molecule has 0 aliphatic carbocycles. The van der Waals surface area contributed by atoms with Crippen molar-refractivity contribution in [2.24, 2.45) is 7.05 Å². The lowest BCUT2D eigenvalue weighted by molar-refractivity contribution is 0.248. The Balaban J connectivity index is 1.83. The maximum absolute atomic E-state index is 13.7. The van der Waals surface area contributed by atoms with Crippen LogP contribution in [0.25, 0.3) is 22.4 Å². The van der Waals surface area contributed by atoms with E-state index < -0.39 is 0 Å². The van der Waals surface area contributed by atoms with Crippen molar-refractivity contribution < 1.29 is 5.11 Å². The Morgan fingerprint density at radius 2 is 1.68 bits per heavy atom. The van der Waals surface area contributed by atoms with Gasteiger partial charge in [0.15, 0.2) is 0 Å². The quantitative estimate of drug-likeness (QED) is 0.612. The van der Waals surface area contributed by atoms with Crippen LogP contribution >= 0.6 is 0 Å². The van der Waals surface area contributed by atoms with E-state index in [1.54, 1.807) is 23.7 Å². The molecule has 1 aromatic heterocycles. The van der Waals surface area contributed by atoms with Gasteiger partial charge < -0.3 is 14.9 Å². The van der Waals surface area contributed by atoms with Crippen molar-refractivity contribution in [2.45, 2.75) is 25.3 Å². The molecule has 2 aromatic carbocycles. The summed E-state index contributed by atoms with van der Waals surface area (Å²) in [6.07, 6.45) is 2.60. The number of piperidine rings is 1. The lowest BCUT2D eigenvalue weighted by Gasteiger charge is -2.36. The second-order valence-electron chi connectivity index (χ2n) is 9.04. The highest BCUT2D eigenvalue weighted by atomic mass is 16.3. The molecule has 0 amide bonds. The molecule has 0 atom stereocenters. The molecule has 34 heavy (non-hydrogen) atoms. The van der Waals surface area contributed by atoms with E-state index in [2.05, 4.69) is 30.0 Å². The van der Waals surface area contributed by atoms with Crippen LogP contribution in [0.1, 0.15) is 24.0 Å². The van der Waals surface area contributed by atoms with Crippen LogP contribution in [0.15, 0.2) is 53.3 Å². The fourth-order valence-electron chi connectivity index (χ4n) is 4.59. The number of aliphatic hydroxyl groups is 1. The van der Waals surface area contributed by atoms with Gasteiger partial charge in [-0.2, -0.15) is 5.26 Å². The molecule has 176 valence electrons. The highest BCUT2D eigenvalue weighted by Gasteiger charge is 2.26. The second kappa shape index (κ2) is 10.2. The topological polar surface area (TPSA) is 85.4 Å². The van der Waals surface area contributed by atoms with Crippen LogP contribution in [0, 0.1) is 11.3 Å². The first-order valence-electron chi connectivity index (χ1n) is 11.7. The van der Waals surface area contributed by atoms with Crippen molar-refractivity contribution in [1.29, 1.82) is 5.26 Å². The van der Waals surface area contributed by atoms with Gasteiger partial charge in [-0.1, -0.05) is 36.4 Å². The Bertz CT molecular complexity index is 1230. The molecule has 3 aromatic rings. The molecule has 0 unspecified atom stereocenters. The van der Waals surface area contributed by atoms with Crippen molar-refractivity contribution in [3.05, 3.63) is 70.0 Å². The maximum Gasteiger partial charge on any atom is 0.263 e. The van der Waals surface area contributed by atoms with Gasteiger partial charge >= 0.3 is 0 Å². The van der Waals surface area contributed by atoms with E-state index in [1.165, 1.54) is 0 Å². The van der Waals surface area contributed by atoms with Gasteiger partial charge in [-0.3, -0.25) is 9.36 Å². The molecule has 1 fully saturated rings. The van der Waals surface area contributed by atoms with E-state index in [9.17, 15) is 15.2 Å². The average molecular weight is 458 g/mol. The lowest BCUT2D eigenvalue weighted by atomic mass is 9.98. The number of anilines is 1. The van der Waals surface area contributed by atoms with E-state index in [4.69, 9.17) is 4.98 Å². The molecule has 1 aliphatic rings. The third kappa shape index (κ3) is 4.74. The van der Waals surface area contributed by atoms with Crippen molar-refractivity contribution in [1.82, 2.24) is 14.5 Å². The SMILES string of the molecule is CN(C)C1CCN(c2nc(-c3ccc(C#N)cc3)c(-c3ccc(CCO)cc3)c(=O)n2C)CC1. The van der Waals surface area contributed by atoms with Crippen molar-refractivity contribution >= 4 is 5.95 Å². The van der Waals surface area contributed by atoms with Gasteiger partial charge in [0.2, 0.25) is 5.95 Å². The molecule has 4 rings (SSSR count). The first kappa shape index (κ1) is 23.7. The molecule has 2 heterocycles. The Kier molecular flexibility index (Phi) is 7.11. The minimum atomic E-state index is -0.103. The van der Waals surface area contributed by atoms with Crippen LogP contribution in [-0.4, -0.2) is 59.4 Å². The summed E-state index contributed by atoms with van der Waals surface area (Å²) < 4.78 is 1.65. The van der Waals surface area contributed by atoms with Crippen LogP contribution in [0.2, 0.25) is 0 Å². The fourth-order valence-corrected chi connectivity index (χ4v) is 4.59. The molecule has 7 heteroatoms. The summed E-state index contributed by atoms with van der Waals surface area (Å²) >= 11 is 0. The van der Waals surface area contributed by atoms with E-state index in [0.29, 0.717) is 35.2 Å². The smallest absolute Gasteiger partial charge is 0.263 e. The summed E-state index contributed by atoms with van der Waals surface area (Å²) in [6, 6.07) is 17.6. The number of aliphatic hydroxyl groups excluding tert-OH is 1. The minimum absolute atomic E-state index is 0.0817. The summed E-state index contributed by atoms with van der Waals surface area (Å²) in [7, 11) is 6.00. The van der Waals surface area contributed by atoms with E-state index >= 15 is 0 Å². The molecular weight excluding hydrogens is 426 g/mol. The number of nitriles is 1. The number of hydrogen-bond acceptors (Lipinski definition) is 6. The lowest BCUT2D eigenvalue weighted by Crippen LogP contribution is -2.44. The van der Waals surface area contributed by atoms with Gasteiger partial charge in [0, 0.05) is 38.3 Å². The van der Waals surface area contributed by atoms with E-state index in [1.807, 2.05) is 36.4 Å². The predicted molar refractivity (Wildman–Crippen MR) is 135 cm³/mol. The molecule has 0 radical (unpaired) electrons. The first-order chi connectivity index (χ1) is 16.4. The van der Waals surface area contributed by atoms with Gasteiger partial charge in [-0.25, -0.2) is 4.98 Å². The van der Waals surface area contributed by atoms with Crippen LogP contribution in [0.5, 0.6) is 0 Å². The molecule has 0 spiro atoms. The Labute approximate surface area is 200 Å². The van der Waals surface area contributed by atoms with Gasteiger partial charge in [-0.05, 0) is 56.6 Å². The number of rotatable bonds is 6. The summed E-state index contributed by atoms with van der Waals surface area (Å²) in [5, 5.41) is 18.4. The maximum atomic E-state index is 13.7. The highest BCUT2D eigenvalue weighted by molar-refractivity contribution is 5.81. The molecule has 1 saturated heterocycles. The molecule has 0 bridgehead atoms. The van der Waals surface area contributed by atoms with Crippen molar-refractivity contribution in [2.75, 3.05) is 38.7 Å². The van der Waals surface area contributed by atoms with Crippen molar-refractivity contribution in [3.63, 3.8) is 0 Å². The van der Waals surface area contributed by atoms with Gasteiger partial charge in [0.25, 0.3) is 5.56 Å². The zero-order valence-electron chi connectivity index (χ0n) is 20.0. The van der Waals surface area contributed by atoms with Crippen LogP contribution in [-0.2, 0) is 13.5 Å². The molecule has 0 saturated carbocycles. The fraction of sp³-hybridized carbons (Fsp3) is 0.370. The van der Waals surface area contributed by atoms with Gasteiger partial charge in [0.05, 0.1) is 22.9 Å². The second-order valence-corrected chi connectivity index (χ2v) is 9.04. The van der Waals surface area contributed by atoms with Crippen LogP contribution < -0.4 is 10.5 Å². The van der Waals surface area contributed by atoms with Gasteiger partial charge in [-0.15, -0.1) is 0 Å². The Hall–Kier alpha value is -3.47. The Morgan fingerprint density at radius 3 is 2.24 bits per heavy atom. The molecule has 7 nitrogen and oxygen atoms in total.